The minimum atomic E-state index is -0.232. The largest absolute Gasteiger partial charge is 0.316 e. The first-order valence-electron chi connectivity index (χ1n) is 8.47. The van der Waals surface area contributed by atoms with E-state index >= 15 is 0 Å². The summed E-state index contributed by atoms with van der Waals surface area (Å²) in [5.74, 6) is -0.232. The summed E-state index contributed by atoms with van der Waals surface area (Å²) in [6.45, 7) is 0. The SMILES string of the molecule is O=C(N/N=C\c1cccn1-c1ccc(Br)cc1)c1cccc2ccccc12. The van der Waals surface area contributed by atoms with Crippen LogP contribution in [0.3, 0.4) is 0 Å². The van der Waals surface area contributed by atoms with Gasteiger partial charge in [0.2, 0.25) is 0 Å². The van der Waals surface area contributed by atoms with Gasteiger partial charge >= 0.3 is 0 Å². The number of rotatable bonds is 4. The van der Waals surface area contributed by atoms with Crippen molar-refractivity contribution in [3.8, 4) is 5.69 Å². The first-order chi connectivity index (χ1) is 13.2. The van der Waals surface area contributed by atoms with Gasteiger partial charge in [-0.25, -0.2) is 5.43 Å². The zero-order chi connectivity index (χ0) is 18.6. The minimum Gasteiger partial charge on any atom is -0.316 e. The predicted molar refractivity (Wildman–Crippen MR) is 112 cm³/mol. The molecule has 1 N–H and O–H groups in total. The van der Waals surface area contributed by atoms with E-state index in [4.69, 9.17) is 0 Å². The maximum Gasteiger partial charge on any atom is 0.271 e. The van der Waals surface area contributed by atoms with Gasteiger partial charge in [0.15, 0.2) is 0 Å². The van der Waals surface area contributed by atoms with Crippen molar-refractivity contribution in [1.29, 1.82) is 0 Å². The molecule has 0 aliphatic carbocycles. The van der Waals surface area contributed by atoms with Crippen molar-refractivity contribution in [2.75, 3.05) is 0 Å². The molecule has 3 aromatic carbocycles. The second-order valence-corrected chi connectivity index (χ2v) is 6.92. The number of carbonyl (C=O) groups excluding carboxylic acids is 1. The van der Waals surface area contributed by atoms with Crippen LogP contribution >= 0.6 is 15.9 Å². The Balaban J connectivity index is 1.54. The van der Waals surface area contributed by atoms with Gasteiger partial charge in [-0.1, -0.05) is 52.3 Å². The van der Waals surface area contributed by atoms with E-state index in [-0.39, 0.29) is 5.91 Å². The van der Waals surface area contributed by atoms with E-state index in [0.29, 0.717) is 5.56 Å². The van der Waals surface area contributed by atoms with E-state index in [1.807, 2.05) is 83.6 Å². The first-order valence-corrected chi connectivity index (χ1v) is 9.26. The number of fused-ring (bicyclic) bond motifs is 1. The van der Waals surface area contributed by atoms with Crippen molar-refractivity contribution in [3.63, 3.8) is 0 Å². The second-order valence-electron chi connectivity index (χ2n) is 6.01. The molecule has 0 fully saturated rings. The fourth-order valence-corrected chi connectivity index (χ4v) is 3.24. The highest BCUT2D eigenvalue weighted by molar-refractivity contribution is 9.10. The Morgan fingerprint density at radius 1 is 0.926 bits per heavy atom. The summed E-state index contributed by atoms with van der Waals surface area (Å²) in [6, 6.07) is 25.3. The first kappa shape index (κ1) is 17.2. The van der Waals surface area contributed by atoms with Crippen molar-refractivity contribution < 1.29 is 4.79 Å². The fraction of sp³-hybridized carbons (Fsp3) is 0. The Morgan fingerprint density at radius 3 is 2.56 bits per heavy atom. The van der Waals surface area contributed by atoms with Crippen LogP contribution in [0.4, 0.5) is 0 Å². The third-order valence-corrected chi connectivity index (χ3v) is 4.81. The minimum absolute atomic E-state index is 0.232. The molecule has 1 amide bonds. The molecular formula is C22H16BrN3O. The van der Waals surface area contributed by atoms with Gasteiger partial charge in [0, 0.05) is 21.9 Å². The normalized spacial score (nSPS) is 11.1. The van der Waals surface area contributed by atoms with E-state index < -0.39 is 0 Å². The van der Waals surface area contributed by atoms with Crippen molar-refractivity contribution in [2.45, 2.75) is 0 Å². The molecule has 0 radical (unpaired) electrons. The van der Waals surface area contributed by atoms with Crippen LogP contribution in [-0.4, -0.2) is 16.7 Å². The lowest BCUT2D eigenvalue weighted by atomic mass is 10.0. The number of benzene rings is 3. The van der Waals surface area contributed by atoms with E-state index in [1.54, 1.807) is 12.3 Å². The van der Waals surface area contributed by atoms with Gasteiger partial charge in [0.1, 0.15) is 0 Å². The van der Waals surface area contributed by atoms with Crippen LogP contribution in [0.25, 0.3) is 16.5 Å². The third-order valence-electron chi connectivity index (χ3n) is 4.28. The molecule has 0 saturated heterocycles. The topological polar surface area (TPSA) is 46.4 Å². The maximum absolute atomic E-state index is 12.5. The van der Waals surface area contributed by atoms with Crippen LogP contribution < -0.4 is 5.43 Å². The van der Waals surface area contributed by atoms with Crippen LogP contribution in [0.2, 0.25) is 0 Å². The number of nitrogens with one attached hydrogen (secondary N) is 1. The Morgan fingerprint density at radius 2 is 1.70 bits per heavy atom. The lowest BCUT2D eigenvalue weighted by Crippen LogP contribution is -2.18. The fourth-order valence-electron chi connectivity index (χ4n) is 2.98. The lowest BCUT2D eigenvalue weighted by Gasteiger charge is -2.07. The molecule has 0 bridgehead atoms. The highest BCUT2D eigenvalue weighted by atomic mass is 79.9. The van der Waals surface area contributed by atoms with Crippen LogP contribution in [0, 0.1) is 0 Å². The number of amides is 1. The van der Waals surface area contributed by atoms with Crippen molar-refractivity contribution in [3.05, 3.63) is 101 Å². The molecule has 0 atom stereocenters. The highest BCUT2D eigenvalue weighted by Gasteiger charge is 2.08. The van der Waals surface area contributed by atoms with Crippen molar-refractivity contribution >= 4 is 38.8 Å². The van der Waals surface area contributed by atoms with E-state index in [1.165, 1.54) is 0 Å². The van der Waals surface area contributed by atoms with E-state index in [9.17, 15) is 4.79 Å². The second kappa shape index (κ2) is 7.60. The Hall–Kier alpha value is -3.18. The van der Waals surface area contributed by atoms with Gasteiger partial charge in [-0.15, -0.1) is 0 Å². The molecular weight excluding hydrogens is 402 g/mol. The number of carbonyl (C=O) groups is 1. The predicted octanol–water partition coefficient (Wildman–Crippen LogP) is 5.16. The highest BCUT2D eigenvalue weighted by Crippen LogP contribution is 2.18. The van der Waals surface area contributed by atoms with Crippen LogP contribution in [0.15, 0.2) is 94.6 Å². The molecule has 0 aliphatic heterocycles. The van der Waals surface area contributed by atoms with Gasteiger partial charge in [-0.2, -0.15) is 5.10 Å². The number of nitrogens with zero attached hydrogens (tertiary/aromatic N) is 2. The van der Waals surface area contributed by atoms with Gasteiger partial charge < -0.3 is 4.57 Å². The average Bonchev–Trinajstić information content (AvgIpc) is 3.16. The van der Waals surface area contributed by atoms with E-state index in [2.05, 4.69) is 26.5 Å². The van der Waals surface area contributed by atoms with Crippen molar-refractivity contribution in [1.82, 2.24) is 9.99 Å². The average molecular weight is 418 g/mol. The van der Waals surface area contributed by atoms with Gasteiger partial charge in [-0.3, -0.25) is 4.79 Å². The summed E-state index contributed by atoms with van der Waals surface area (Å²) >= 11 is 3.44. The molecule has 0 saturated carbocycles. The molecule has 132 valence electrons. The third kappa shape index (κ3) is 3.68. The summed E-state index contributed by atoms with van der Waals surface area (Å²) in [5, 5.41) is 6.08. The quantitative estimate of drug-likeness (QED) is 0.361. The Kier molecular flexibility index (Phi) is 4.85. The Labute approximate surface area is 165 Å². The molecule has 27 heavy (non-hydrogen) atoms. The molecule has 4 rings (SSSR count). The Bertz CT molecular complexity index is 1120. The van der Waals surface area contributed by atoms with Crippen molar-refractivity contribution in [2.24, 2.45) is 5.10 Å². The summed E-state index contributed by atoms with van der Waals surface area (Å²) in [4.78, 5) is 12.5. The number of hydrazone groups is 1. The number of hydrogen-bond donors (Lipinski definition) is 1. The summed E-state index contributed by atoms with van der Waals surface area (Å²) in [6.07, 6.45) is 3.60. The molecule has 5 heteroatoms. The number of hydrogen-bond acceptors (Lipinski definition) is 2. The molecule has 0 aliphatic rings. The van der Waals surface area contributed by atoms with E-state index in [0.717, 1.165) is 26.6 Å². The standard InChI is InChI=1S/C22H16BrN3O/c23-17-10-12-18(13-11-17)26-14-4-7-19(26)15-24-25-22(27)21-9-3-6-16-5-1-2-8-20(16)21/h1-15H,(H,25,27)/b24-15-. The smallest absolute Gasteiger partial charge is 0.271 e. The zero-order valence-corrected chi connectivity index (χ0v) is 15.9. The van der Waals surface area contributed by atoms with Gasteiger partial charge in [-0.05, 0) is 53.2 Å². The molecule has 4 nitrogen and oxygen atoms in total. The van der Waals surface area contributed by atoms with Crippen LogP contribution in [-0.2, 0) is 0 Å². The molecule has 1 heterocycles. The molecule has 0 spiro atoms. The number of halogens is 1. The summed E-state index contributed by atoms with van der Waals surface area (Å²) < 4.78 is 3.02. The lowest BCUT2D eigenvalue weighted by molar-refractivity contribution is 0.0957. The summed E-state index contributed by atoms with van der Waals surface area (Å²) in [7, 11) is 0. The maximum atomic E-state index is 12.5. The molecule has 4 aromatic rings. The zero-order valence-electron chi connectivity index (χ0n) is 14.3. The summed E-state index contributed by atoms with van der Waals surface area (Å²) in [5.41, 5.74) is 5.12. The molecule has 0 unspecified atom stereocenters. The number of aromatic nitrogens is 1. The van der Waals surface area contributed by atoms with Gasteiger partial charge in [0.05, 0.1) is 11.9 Å². The molecule has 1 aromatic heterocycles. The van der Waals surface area contributed by atoms with Crippen LogP contribution in [0.1, 0.15) is 16.1 Å². The van der Waals surface area contributed by atoms with Crippen LogP contribution in [0.5, 0.6) is 0 Å². The van der Waals surface area contributed by atoms with Gasteiger partial charge in [0.25, 0.3) is 5.91 Å². The monoisotopic (exact) mass is 417 g/mol.